The molecule has 1 atom stereocenters. The van der Waals surface area contributed by atoms with Gasteiger partial charge in [0, 0.05) is 72.2 Å². The van der Waals surface area contributed by atoms with Gasteiger partial charge in [-0.15, -0.1) is 0 Å². The molecule has 12 heteroatoms. The van der Waals surface area contributed by atoms with E-state index in [1.54, 1.807) is 0 Å². The second kappa shape index (κ2) is 14.9. The molecule has 6 rings (SSSR count). The highest BCUT2D eigenvalue weighted by Crippen LogP contribution is 2.31. The smallest absolute Gasteiger partial charge is 0.322 e. The average molecular weight is 763 g/mol. The molecule has 0 spiro atoms. The Bertz CT molecular complexity index is 1660. The first-order valence-electron chi connectivity index (χ1n) is 16.1. The highest BCUT2D eigenvalue weighted by molar-refractivity contribution is 9.11. The molecule has 1 unspecified atom stereocenters. The van der Waals surface area contributed by atoms with Gasteiger partial charge in [-0.3, -0.25) is 15.1 Å². The van der Waals surface area contributed by atoms with Gasteiger partial charge in [-0.1, -0.05) is 50.1 Å². The number of anilines is 1. The molecule has 0 aliphatic carbocycles. The van der Waals surface area contributed by atoms with E-state index >= 15 is 0 Å². The number of carbonyl (C=O) groups is 2. The average Bonchev–Trinajstić information content (AvgIpc) is 3.10. The maximum absolute atomic E-state index is 14.2. The molecule has 2 aromatic carbocycles. The van der Waals surface area contributed by atoms with E-state index in [1.165, 1.54) is 5.56 Å². The summed E-state index contributed by atoms with van der Waals surface area (Å²) in [6, 6.07) is 15.3. The van der Waals surface area contributed by atoms with Gasteiger partial charge >= 0.3 is 6.03 Å². The third-order valence-corrected chi connectivity index (χ3v) is 11.2. The number of guanidine groups is 1. The summed E-state index contributed by atoms with van der Waals surface area (Å²) in [5.74, 6) is 0.747. The number of piperidine rings is 2. The van der Waals surface area contributed by atoms with Crippen molar-refractivity contribution in [2.24, 2.45) is 4.99 Å². The Balaban J connectivity index is 1.19. The normalized spacial score (nSPS) is 18.3. The summed E-state index contributed by atoms with van der Waals surface area (Å²) < 4.78 is 1.91. The monoisotopic (exact) mass is 760 g/mol. The lowest BCUT2D eigenvalue weighted by molar-refractivity contribution is -0.133. The number of hydrogen-bond acceptors (Lipinski definition) is 5. The van der Waals surface area contributed by atoms with Crippen LogP contribution in [-0.4, -0.2) is 75.8 Å². The number of pyridine rings is 1. The van der Waals surface area contributed by atoms with E-state index < -0.39 is 6.04 Å². The standard InChI is InChI=1S/C35H38Br2N8O2/c1-23-29(36)18-24(19-30(23)37)20-32(33(46)43-14-8-26(9-15-43)25-6-12-39-13-7-25)41-34(40-22-38)44-16-10-28(11-17-44)45-21-27-4-2-3-5-31(27)42-35(45)47/h2-7,12-13,18-19,26,28,32H,8-11,14-17,20-21H2,1H3,(H,40,41)(H,42,47). The van der Waals surface area contributed by atoms with Gasteiger partial charge < -0.3 is 20.0 Å². The number of likely N-dealkylation sites (tertiary alicyclic amines) is 2. The fraction of sp³-hybridized carbons (Fsp3) is 0.400. The van der Waals surface area contributed by atoms with Crippen molar-refractivity contribution in [1.82, 2.24) is 25.0 Å². The van der Waals surface area contributed by atoms with E-state index in [0.717, 1.165) is 57.0 Å². The lowest BCUT2D eigenvalue weighted by Gasteiger charge is -2.41. The number of para-hydroxylation sites is 1. The third-order valence-electron chi connectivity index (χ3n) is 9.55. The van der Waals surface area contributed by atoms with Crippen LogP contribution in [0.5, 0.6) is 0 Å². The summed E-state index contributed by atoms with van der Waals surface area (Å²) >= 11 is 7.31. The summed E-state index contributed by atoms with van der Waals surface area (Å²) in [6.45, 7) is 5.09. The van der Waals surface area contributed by atoms with Crippen LogP contribution < -0.4 is 10.6 Å². The van der Waals surface area contributed by atoms with E-state index in [2.05, 4.69) is 65.8 Å². The molecule has 2 fully saturated rings. The number of nitrogens with zero attached hydrogens (tertiary/aromatic N) is 6. The van der Waals surface area contributed by atoms with Crippen LogP contribution in [0.1, 0.15) is 53.9 Å². The second-order valence-corrected chi connectivity index (χ2v) is 14.1. The highest BCUT2D eigenvalue weighted by atomic mass is 79.9. The molecule has 3 aliphatic heterocycles. The minimum Gasteiger partial charge on any atom is -0.342 e. The van der Waals surface area contributed by atoms with Crippen molar-refractivity contribution in [2.75, 3.05) is 31.5 Å². The SMILES string of the molecule is Cc1c(Br)cc(CC(N=C(NC#N)N2CCC(N3Cc4ccccc4NC3=O)CC2)C(=O)N2CCC(c3ccncc3)CC2)cc1Br. The van der Waals surface area contributed by atoms with Crippen molar-refractivity contribution in [2.45, 2.75) is 63.6 Å². The van der Waals surface area contributed by atoms with E-state index in [-0.39, 0.29) is 18.0 Å². The van der Waals surface area contributed by atoms with Gasteiger partial charge in [0.1, 0.15) is 6.04 Å². The molecular formula is C35H38Br2N8O2. The maximum Gasteiger partial charge on any atom is 0.322 e. The first kappa shape index (κ1) is 33.0. The van der Waals surface area contributed by atoms with Crippen molar-refractivity contribution in [3.05, 3.63) is 92.1 Å². The molecule has 4 heterocycles. The summed E-state index contributed by atoms with van der Waals surface area (Å²) in [6.07, 6.45) is 9.28. The van der Waals surface area contributed by atoms with Crippen molar-refractivity contribution in [3.8, 4) is 6.19 Å². The Labute approximate surface area is 292 Å². The van der Waals surface area contributed by atoms with Gasteiger partial charge in [0.25, 0.3) is 0 Å². The fourth-order valence-electron chi connectivity index (χ4n) is 6.80. The molecule has 0 radical (unpaired) electrons. The van der Waals surface area contributed by atoms with Crippen LogP contribution in [0, 0.1) is 18.4 Å². The van der Waals surface area contributed by atoms with Gasteiger partial charge in [-0.25, -0.2) is 9.79 Å². The van der Waals surface area contributed by atoms with Crippen LogP contribution >= 0.6 is 31.9 Å². The molecule has 244 valence electrons. The van der Waals surface area contributed by atoms with E-state index in [9.17, 15) is 14.9 Å². The van der Waals surface area contributed by atoms with E-state index in [1.807, 2.05) is 70.4 Å². The van der Waals surface area contributed by atoms with Gasteiger partial charge in [0.2, 0.25) is 11.9 Å². The van der Waals surface area contributed by atoms with Crippen LogP contribution in [0.3, 0.4) is 0 Å². The first-order chi connectivity index (χ1) is 22.8. The zero-order valence-corrected chi connectivity index (χ0v) is 29.5. The zero-order chi connectivity index (χ0) is 32.9. The Morgan fingerprint density at radius 3 is 2.38 bits per heavy atom. The maximum atomic E-state index is 14.2. The number of hydrogen-bond donors (Lipinski definition) is 2. The van der Waals surface area contributed by atoms with Crippen LogP contribution in [0.25, 0.3) is 0 Å². The second-order valence-electron chi connectivity index (χ2n) is 12.4. The molecule has 2 saturated heterocycles. The quantitative estimate of drug-likeness (QED) is 0.134. The molecule has 0 bridgehead atoms. The lowest BCUT2D eigenvalue weighted by atomic mass is 9.89. The van der Waals surface area contributed by atoms with Crippen LogP contribution in [-0.2, 0) is 17.8 Å². The molecule has 0 saturated carbocycles. The highest BCUT2D eigenvalue weighted by Gasteiger charge is 2.34. The minimum absolute atomic E-state index is 0.0400. The van der Waals surface area contributed by atoms with Crippen molar-refractivity contribution in [1.29, 1.82) is 5.26 Å². The number of halogens is 2. The third kappa shape index (κ3) is 7.63. The number of benzene rings is 2. The Kier molecular flexibility index (Phi) is 10.4. The predicted molar refractivity (Wildman–Crippen MR) is 189 cm³/mol. The van der Waals surface area contributed by atoms with E-state index in [0.29, 0.717) is 51.0 Å². The van der Waals surface area contributed by atoms with Gasteiger partial charge in [-0.05, 0) is 91.1 Å². The number of aliphatic imine (C=N–C) groups is 1. The zero-order valence-electron chi connectivity index (χ0n) is 26.3. The molecule has 3 aliphatic rings. The number of aromatic nitrogens is 1. The van der Waals surface area contributed by atoms with Crippen LogP contribution in [0.2, 0.25) is 0 Å². The topological polar surface area (TPSA) is 117 Å². The predicted octanol–water partition coefficient (Wildman–Crippen LogP) is 6.17. The minimum atomic E-state index is -0.716. The number of carbonyl (C=O) groups excluding carboxylic acids is 2. The van der Waals surface area contributed by atoms with Crippen LogP contribution in [0.15, 0.2) is 74.9 Å². The summed E-state index contributed by atoms with van der Waals surface area (Å²) in [7, 11) is 0. The summed E-state index contributed by atoms with van der Waals surface area (Å²) in [5.41, 5.74) is 5.27. The molecule has 10 nitrogen and oxygen atoms in total. The largest absolute Gasteiger partial charge is 0.342 e. The Hall–Kier alpha value is -3.95. The molecule has 1 aromatic heterocycles. The number of urea groups is 1. The summed E-state index contributed by atoms with van der Waals surface area (Å²) in [4.78, 5) is 42.2. The van der Waals surface area contributed by atoms with Gasteiger partial charge in [-0.2, -0.15) is 5.26 Å². The Morgan fingerprint density at radius 1 is 1.04 bits per heavy atom. The molecular weight excluding hydrogens is 724 g/mol. The number of fused-ring (bicyclic) bond motifs is 1. The first-order valence-corrected chi connectivity index (χ1v) is 17.7. The number of nitrogens with one attached hydrogen (secondary N) is 2. The fourth-order valence-corrected chi connectivity index (χ4v) is 8.09. The van der Waals surface area contributed by atoms with Crippen molar-refractivity contribution in [3.63, 3.8) is 0 Å². The number of rotatable bonds is 6. The van der Waals surface area contributed by atoms with Gasteiger partial charge in [0.15, 0.2) is 6.19 Å². The molecule has 3 amide bonds. The lowest BCUT2D eigenvalue weighted by Crippen LogP contribution is -2.53. The van der Waals surface area contributed by atoms with Crippen LogP contribution in [0.4, 0.5) is 10.5 Å². The van der Waals surface area contributed by atoms with Gasteiger partial charge in [0.05, 0.1) is 0 Å². The molecule has 47 heavy (non-hydrogen) atoms. The molecule has 3 aromatic rings. The number of nitriles is 1. The summed E-state index contributed by atoms with van der Waals surface area (Å²) in [5, 5.41) is 15.6. The van der Waals surface area contributed by atoms with E-state index in [4.69, 9.17) is 4.99 Å². The van der Waals surface area contributed by atoms with Crippen molar-refractivity contribution < 1.29 is 9.59 Å². The Morgan fingerprint density at radius 2 is 1.70 bits per heavy atom. The molecule has 2 N–H and O–H groups in total. The number of amides is 3. The van der Waals surface area contributed by atoms with Crippen molar-refractivity contribution >= 4 is 55.4 Å².